The number of aromatic nitrogens is 3. The van der Waals surface area contributed by atoms with Crippen molar-refractivity contribution in [3.05, 3.63) is 30.6 Å². The highest BCUT2D eigenvalue weighted by molar-refractivity contribution is 6.06. The number of pyridine rings is 1. The minimum absolute atomic E-state index is 0.554. The summed E-state index contributed by atoms with van der Waals surface area (Å²) in [6.07, 6.45) is 1.87. The van der Waals surface area contributed by atoms with Crippen molar-refractivity contribution in [2.45, 2.75) is 20.4 Å². The quantitative estimate of drug-likeness (QED) is 0.740. The number of nitrogens with one attached hydrogen (secondary N) is 1. The molecule has 3 rings (SSSR count). The molecule has 1 N–H and O–H groups in total. The maximum Gasteiger partial charge on any atom is 0.178 e. The molecule has 5 heteroatoms. The van der Waals surface area contributed by atoms with E-state index in [1.807, 2.05) is 24.5 Å². The lowest BCUT2D eigenvalue weighted by molar-refractivity contribution is 0.270. The highest BCUT2D eigenvalue weighted by atomic mass is 16.6. The summed E-state index contributed by atoms with van der Waals surface area (Å²) in [6, 6.07) is 8.10. The van der Waals surface area contributed by atoms with E-state index >= 15 is 0 Å². The van der Waals surface area contributed by atoms with Crippen LogP contribution in [-0.4, -0.2) is 21.6 Å². The van der Waals surface area contributed by atoms with Crippen molar-refractivity contribution >= 4 is 27.8 Å². The summed E-state index contributed by atoms with van der Waals surface area (Å²) >= 11 is 0. The maximum absolute atomic E-state index is 5.01. The number of nitrogens with zero attached hydrogens (tertiary/aromatic N) is 3. The molecular formula is C15H18N4O. The first-order valence-corrected chi connectivity index (χ1v) is 6.73. The van der Waals surface area contributed by atoms with Crippen LogP contribution in [0.3, 0.4) is 0 Å². The molecule has 0 unspecified atom stereocenters. The first kappa shape index (κ1) is 12.9. The van der Waals surface area contributed by atoms with Crippen molar-refractivity contribution < 1.29 is 4.84 Å². The Bertz CT molecular complexity index is 748. The van der Waals surface area contributed by atoms with Gasteiger partial charge in [-0.3, -0.25) is 4.84 Å². The lowest BCUT2D eigenvalue weighted by atomic mass is 10.1. The molecule has 0 saturated heterocycles. The average molecular weight is 270 g/mol. The van der Waals surface area contributed by atoms with Crippen LogP contribution in [0.1, 0.15) is 13.8 Å². The van der Waals surface area contributed by atoms with Gasteiger partial charge in [-0.2, -0.15) is 0 Å². The fourth-order valence-electron chi connectivity index (χ4n) is 2.48. The summed E-state index contributed by atoms with van der Waals surface area (Å²) in [6.45, 7) is 5.32. The maximum atomic E-state index is 5.01. The largest absolute Gasteiger partial charge is 0.330 e. The topological polar surface area (TPSA) is 52.0 Å². The molecule has 5 nitrogen and oxygen atoms in total. The van der Waals surface area contributed by atoms with Gasteiger partial charge in [-0.05, 0) is 12.0 Å². The smallest absolute Gasteiger partial charge is 0.178 e. The van der Waals surface area contributed by atoms with Gasteiger partial charge in [0, 0.05) is 11.9 Å². The zero-order chi connectivity index (χ0) is 14.1. The van der Waals surface area contributed by atoms with E-state index in [-0.39, 0.29) is 0 Å². The van der Waals surface area contributed by atoms with Gasteiger partial charge in [-0.15, -0.1) is 0 Å². The Morgan fingerprint density at radius 3 is 2.85 bits per heavy atom. The number of hydrogen-bond acceptors (Lipinski definition) is 4. The number of fused-ring (bicyclic) bond motifs is 3. The van der Waals surface area contributed by atoms with E-state index in [1.165, 1.54) is 0 Å². The van der Waals surface area contributed by atoms with Gasteiger partial charge in [0.15, 0.2) is 5.82 Å². The molecule has 2 heterocycles. The molecule has 3 aromatic rings. The second-order valence-corrected chi connectivity index (χ2v) is 5.27. The molecule has 0 aliphatic heterocycles. The highest BCUT2D eigenvalue weighted by Crippen LogP contribution is 2.28. The second-order valence-electron chi connectivity index (χ2n) is 5.27. The monoisotopic (exact) mass is 270 g/mol. The molecular weight excluding hydrogens is 252 g/mol. The summed E-state index contributed by atoms with van der Waals surface area (Å²) in [4.78, 5) is 14.1. The molecule has 0 atom stereocenters. The fourth-order valence-corrected chi connectivity index (χ4v) is 2.48. The predicted octanol–water partition coefficient (Wildman–Crippen LogP) is 3.21. The third-order valence-electron chi connectivity index (χ3n) is 3.21. The zero-order valence-corrected chi connectivity index (χ0v) is 11.9. The van der Waals surface area contributed by atoms with Gasteiger partial charge in [0.25, 0.3) is 0 Å². The zero-order valence-electron chi connectivity index (χ0n) is 11.9. The van der Waals surface area contributed by atoms with Crippen LogP contribution in [-0.2, 0) is 11.4 Å². The Morgan fingerprint density at radius 2 is 2.10 bits per heavy atom. The Hall–Kier alpha value is -2.14. The molecule has 0 aliphatic carbocycles. The number of benzene rings is 1. The Morgan fingerprint density at radius 1 is 1.30 bits per heavy atom. The molecule has 1 aromatic carbocycles. The summed E-state index contributed by atoms with van der Waals surface area (Å²) in [7, 11) is 1.58. The molecule has 104 valence electrons. The van der Waals surface area contributed by atoms with Gasteiger partial charge in [0.1, 0.15) is 5.52 Å². The van der Waals surface area contributed by atoms with Crippen molar-refractivity contribution in [2.75, 3.05) is 12.6 Å². The number of anilines is 1. The molecule has 0 radical (unpaired) electrons. The van der Waals surface area contributed by atoms with Crippen LogP contribution in [0.15, 0.2) is 30.6 Å². The van der Waals surface area contributed by atoms with Gasteiger partial charge in [0.2, 0.25) is 0 Å². The van der Waals surface area contributed by atoms with Crippen LogP contribution in [0, 0.1) is 5.92 Å². The Balaban J connectivity index is 2.33. The predicted molar refractivity (Wildman–Crippen MR) is 80.5 cm³/mol. The van der Waals surface area contributed by atoms with Crippen LogP contribution in [0.2, 0.25) is 0 Å². The van der Waals surface area contributed by atoms with Crippen LogP contribution >= 0.6 is 0 Å². The molecule has 20 heavy (non-hydrogen) atoms. The third-order valence-corrected chi connectivity index (χ3v) is 3.21. The Labute approximate surface area is 117 Å². The van der Waals surface area contributed by atoms with Gasteiger partial charge < -0.3 is 4.57 Å². The van der Waals surface area contributed by atoms with Crippen LogP contribution in [0.4, 0.5) is 5.82 Å². The van der Waals surface area contributed by atoms with Crippen LogP contribution in [0.5, 0.6) is 0 Å². The highest BCUT2D eigenvalue weighted by Gasteiger charge is 2.14. The molecule has 0 amide bonds. The standard InChI is InChI=1S/C15H18N4O/c1-10(2)8-19-9-16-13-14(19)11-6-4-5-7-12(11)17-15(13)18-20-3/h4-7,9-10H,8H2,1-3H3,(H,17,18). The number of imidazole rings is 1. The first-order chi connectivity index (χ1) is 9.70. The van der Waals surface area contributed by atoms with Gasteiger partial charge >= 0.3 is 0 Å². The molecule has 0 bridgehead atoms. The number of hydrogen-bond donors (Lipinski definition) is 1. The molecule has 0 aliphatic rings. The van der Waals surface area contributed by atoms with E-state index in [4.69, 9.17) is 4.84 Å². The second kappa shape index (κ2) is 5.09. The van der Waals surface area contributed by atoms with Gasteiger partial charge in [0.05, 0.1) is 24.5 Å². The van der Waals surface area contributed by atoms with E-state index in [1.54, 1.807) is 7.11 Å². The number of para-hydroxylation sites is 1. The minimum Gasteiger partial charge on any atom is -0.330 e. The SMILES string of the molecule is CONc1nc2ccccc2c2c1ncn2CC(C)C. The average Bonchev–Trinajstić information content (AvgIpc) is 2.83. The first-order valence-electron chi connectivity index (χ1n) is 6.73. The van der Waals surface area contributed by atoms with E-state index in [0.717, 1.165) is 28.5 Å². The van der Waals surface area contributed by atoms with Crippen LogP contribution in [0.25, 0.3) is 21.9 Å². The van der Waals surface area contributed by atoms with E-state index in [0.29, 0.717) is 11.7 Å². The molecule has 0 spiro atoms. The van der Waals surface area contributed by atoms with E-state index < -0.39 is 0 Å². The minimum atomic E-state index is 0.554. The normalized spacial score (nSPS) is 11.6. The summed E-state index contributed by atoms with van der Waals surface area (Å²) < 4.78 is 2.19. The van der Waals surface area contributed by atoms with Crippen molar-refractivity contribution in [1.29, 1.82) is 0 Å². The third kappa shape index (κ3) is 2.10. The van der Waals surface area contributed by atoms with Crippen LogP contribution < -0.4 is 5.48 Å². The summed E-state index contributed by atoms with van der Waals surface area (Å²) in [5, 5.41) is 1.11. The molecule has 2 aromatic heterocycles. The number of rotatable bonds is 4. The van der Waals surface area contributed by atoms with Crippen molar-refractivity contribution in [2.24, 2.45) is 5.92 Å². The van der Waals surface area contributed by atoms with Crippen molar-refractivity contribution in [3.8, 4) is 0 Å². The molecule has 0 fully saturated rings. The lowest BCUT2D eigenvalue weighted by Gasteiger charge is -2.11. The fraction of sp³-hybridized carbons (Fsp3) is 0.333. The van der Waals surface area contributed by atoms with Crippen molar-refractivity contribution in [1.82, 2.24) is 14.5 Å². The summed E-state index contributed by atoms with van der Waals surface area (Å²) in [5.41, 5.74) is 5.70. The van der Waals surface area contributed by atoms with E-state index in [9.17, 15) is 0 Å². The van der Waals surface area contributed by atoms with E-state index in [2.05, 4.69) is 39.9 Å². The van der Waals surface area contributed by atoms with Crippen molar-refractivity contribution in [3.63, 3.8) is 0 Å². The molecule has 0 saturated carbocycles. The lowest BCUT2D eigenvalue weighted by Crippen LogP contribution is -2.04. The van der Waals surface area contributed by atoms with Gasteiger partial charge in [-0.1, -0.05) is 32.0 Å². The summed E-state index contributed by atoms with van der Waals surface area (Å²) in [5.74, 6) is 1.21. The Kier molecular flexibility index (Phi) is 3.28. The van der Waals surface area contributed by atoms with Gasteiger partial charge in [-0.25, -0.2) is 15.4 Å².